The van der Waals surface area contributed by atoms with Gasteiger partial charge in [0.05, 0.1) is 6.04 Å². The lowest BCUT2D eigenvalue weighted by Gasteiger charge is -2.24. The second-order valence-corrected chi connectivity index (χ2v) is 3.54. The number of carbonyl (C=O) groups excluding carboxylic acids is 1. The molecule has 1 amide bonds. The summed E-state index contributed by atoms with van der Waals surface area (Å²) in [6, 6.07) is -1.23. The smallest absolute Gasteiger partial charge is 0.326 e. The summed E-state index contributed by atoms with van der Waals surface area (Å²) in [5, 5.41) is 8.85. The molecule has 2 atom stereocenters. The monoisotopic (exact) mass is 200 g/mol. The molecule has 1 aliphatic rings. The second-order valence-electron chi connectivity index (χ2n) is 3.54. The van der Waals surface area contributed by atoms with Crippen molar-refractivity contribution in [2.24, 2.45) is 5.73 Å². The summed E-state index contributed by atoms with van der Waals surface area (Å²) >= 11 is 0. The fraction of sp³-hybridized carbons (Fsp3) is 0.778. The van der Waals surface area contributed by atoms with Gasteiger partial charge >= 0.3 is 5.97 Å². The molecule has 0 saturated carbocycles. The van der Waals surface area contributed by atoms with Gasteiger partial charge in [0.25, 0.3) is 0 Å². The molecule has 0 radical (unpaired) electrons. The Morgan fingerprint density at radius 3 is 2.79 bits per heavy atom. The van der Waals surface area contributed by atoms with Gasteiger partial charge in [0.15, 0.2) is 0 Å². The molecule has 0 aliphatic carbocycles. The standard InChI is InChI=1S/C9H16N2O3/c1-2-6(10)8(12)11-5-3-4-7(11)9(13)14/h6-7H,2-5,10H2,1H3,(H,13,14)/t6-,7?/m1/s1. The molecule has 1 aliphatic heterocycles. The lowest BCUT2D eigenvalue weighted by atomic mass is 10.2. The van der Waals surface area contributed by atoms with Gasteiger partial charge < -0.3 is 15.7 Å². The van der Waals surface area contributed by atoms with Crippen LogP contribution in [0.15, 0.2) is 0 Å². The lowest BCUT2D eigenvalue weighted by molar-refractivity contribution is -0.148. The summed E-state index contributed by atoms with van der Waals surface area (Å²) in [6.07, 6.45) is 1.83. The Morgan fingerprint density at radius 2 is 2.29 bits per heavy atom. The van der Waals surface area contributed by atoms with E-state index in [2.05, 4.69) is 0 Å². The first-order valence-electron chi connectivity index (χ1n) is 4.86. The SMILES string of the molecule is CC[C@@H](N)C(=O)N1CCCC1C(=O)O. The van der Waals surface area contributed by atoms with Crippen LogP contribution in [0.3, 0.4) is 0 Å². The van der Waals surface area contributed by atoms with E-state index >= 15 is 0 Å². The zero-order valence-electron chi connectivity index (χ0n) is 8.27. The van der Waals surface area contributed by atoms with E-state index in [9.17, 15) is 9.59 Å². The molecule has 0 aromatic carbocycles. The molecular formula is C9H16N2O3. The Morgan fingerprint density at radius 1 is 1.64 bits per heavy atom. The first-order chi connectivity index (χ1) is 6.57. The third-order valence-electron chi connectivity index (χ3n) is 2.58. The van der Waals surface area contributed by atoms with Gasteiger partial charge in [0.2, 0.25) is 5.91 Å². The quantitative estimate of drug-likeness (QED) is 0.660. The van der Waals surface area contributed by atoms with Crippen molar-refractivity contribution in [2.75, 3.05) is 6.54 Å². The van der Waals surface area contributed by atoms with Crippen LogP contribution in [0, 0.1) is 0 Å². The largest absolute Gasteiger partial charge is 0.480 e. The Hall–Kier alpha value is -1.10. The van der Waals surface area contributed by atoms with Crippen LogP contribution in [-0.2, 0) is 9.59 Å². The van der Waals surface area contributed by atoms with Crippen molar-refractivity contribution in [2.45, 2.75) is 38.3 Å². The van der Waals surface area contributed by atoms with Crippen molar-refractivity contribution in [1.29, 1.82) is 0 Å². The van der Waals surface area contributed by atoms with Gasteiger partial charge in [0.1, 0.15) is 6.04 Å². The third-order valence-corrected chi connectivity index (χ3v) is 2.58. The molecule has 0 bridgehead atoms. The van der Waals surface area contributed by atoms with Gasteiger partial charge in [-0.25, -0.2) is 4.79 Å². The number of carboxylic acid groups (broad SMARTS) is 1. The molecule has 5 nitrogen and oxygen atoms in total. The fourth-order valence-corrected chi connectivity index (χ4v) is 1.67. The minimum Gasteiger partial charge on any atom is -0.480 e. The molecule has 3 N–H and O–H groups in total. The molecule has 1 saturated heterocycles. The van der Waals surface area contributed by atoms with Crippen LogP contribution < -0.4 is 5.73 Å². The van der Waals surface area contributed by atoms with E-state index in [0.717, 1.165) is 6.42 Å². The van der Waals surface area contributed by atoms with Crippen molar-refractivity contribution < 1.29 is 14.7 Å². The number of carboxylic acids is 1. The molecule has 1 rings (SSSR count). The van der Waals surface area contributed by atoms with Crippen LogP contribution in [-0.4, -0.2) is 40.5 Å². The number of carbonyl (C=O) groups is 2. The van der Waals surface area contributed by atoms with Gasteiger partial charge in [-0.15, -0.1) is 0 Å². The summed E-state index contributed by atoms with van der Waals surface area (Å²) in [5.74, 6) is -1.17. The highest BCUT2D eigenvalue weighted by molar-refractivity contribution is 5.87. The third kappa shape index (κ3) is 2.04. The molecule has 14 heavy (non-hydrogen) atoms. The predicted molar refractivity (Wildman–Crippen MR) is 50.6 cm³/mol. The summed E-state index contributed by atoms with van der Waals surface area (Å²) in [6.45, 7) is 2.33. The Bertz CT molecular complexity index is 242. The topological polar surface area (TPSA) is 83.6 Å². The van der Waals surface area contributed by atoms with E-state index in [1.54, 1.807) is 0 Å². The van der Waals surface area contributed by atoms with Crippen LogP contribution in [0.25, 0.3) is 0 Å². The van der Waals surface area contributed by atoms with E-state index in [1.807, 2.05) is 6.92 Å². The highest BCUT2D eigenvalue weighted by Gasteiger charge is 2.35. The molecule has 1 heterocycles. The van der Waals surface area contributed by atoms with E-state index < -0.39 is 18.1 Å². The van der Waals surface area contributed by atoms with Crippen LogP contribution in [0.5, 0.6) is 0 Å². The van der Waals surface area contributed by atoms with Crippen LogP contribution in [0.2, 0.25) is 0 Å². The van der Waals surface area contributed by atoms with Gasteiger partial charge in [-0.05, 0) is 19.3 Å². The number of likely N-dealkylation sites (tertiary alicyclic amines) is 1. The summed E-state index contributed by atoms with van der Waals surface area (Å²) in [4.78, 5) is 23.8. The first kappa shape index (κ1) is 11.0. The molecular weight excluding hydrogens is 184 g/mol. The molecule has 5 heteroatoms. The van der Waals surface area contributed by atoms with E-state index in [1.165, 1.54) is 4.90 Å². The minimum atomic E-state index is -0.931. The van der Waals surface area contributed by atoms with Crippen LogP contribution in [0.4, 0.5) is 0 Å². The molecule has 0 aromatic rings. The molecule has 0 spiro atoms. The fourth-order valence-electron chi connectivity index (χ4n) is 1.67. The average molecular weight is 200 g/mol. The first-order valence-corrected chi connectivity index (χ1v) is 4.86. The maximum absolute atomic E-state index is 11.6. The maximum Gasteiger partial charge on any atom is 0.326 e. The average Bonchev–Trinajstić information content (AvgIpc) is 2.63. The number of hydrogen-bond donors (Lipinski definition) is 2. The van der Waals surface area contributed by atoms with Gasteiger partial charge in [-0.2, -0.15) is 0 Å². The number of rotatable bonds is 3. The van der Waals surface area contributed by atoms with E-state index in [-0.39, 0.29) is 5.91 Å². The number of amides is 1. The normalized spacial score (nSPS) is 23.6. The highest BCUT2D eigenvalue weighted by atomic mass is 16.4. The van der Waals surface area contributed by atoms with E-state index in [0.29, 0.717) is 19.4 Å². The summed E-state index contributed by atoms with van der Waals surface area (Å²) < 4.78 is 0. The highest BCUT2D eigenvalue weighted by Crippen LogP contribution is 2.18. The minimum absolute atomic E-state index is 0.239. The second kappa shape index (κ2) is 4.41. The van der Waals surface area contributed by atoms with Crippen LogP contribution in [0.1, 0.15) is 26.2 Å². The predicted octanol–water partition coefficient (Wildman–Crippen LogP) is -0.201. The summed E-state index contributed by atoms with van der Waals surface area (Å²) in [5.41, 5.74) is 5.57. The number of nitrogens with two attached hydrogens (primary N) is 1. The number of nitrogens with zero attached hydrogens (tertiary/aromatic N) is 1. The van der Waals surface area contributed by atoms with Crippen molar-refractivity contribution in [1.82, 2.24) is 4.90 Å². The summed E-state index contributed by atoms with van der Waals surface area (Å²) in [7, 11) is 0. The van der Waals surface area contributed by atoms with Gasteiger partial charge in [0, 0.05) is 6.54 Å². The van der Waals surface area contributed by atoms with Gasteiger partial charge in [-0.3, -0.25) is 4.79 Å². The van der Waals surface area contributed by atoms with Gasteiger partial charge in [-0.1, -0.05) is 6.92 Å². The molecule has 1 fully saturated rings. The molecule has 1 unspecified atom stereocenters. The van der Waals surface area contributed by atoms with Crippen molar-refractivity contribution in [3.8, 4) is 0 Å². The van der Waals surface area contributed by atoms with Crippen molar-refractivity contribution >= 4 is 11.9 Å². The maximum atomic E-state index is 11.6. The lowest BCUT2D eigenvalue weighted by Crippen LogP contribution is -2.48. The van der Waals surface area contributed by atoms with Crippen molar-refractivity contribution in [3.05, 3.63) is 0 Å². The Kier molecular flexibility index (Phi) is 3.46. The van der Waals surface area contributed by atoms with Crippen LogP contribution >= 0.6 is 0 Å². The zero-order chi connectivity index (χ0) is 10.7. The van der Waals surface area contributed by atoms with E-state index in [4.69, 9.17) is 10.8 Å². The van der Waals surface area contributed by atoms with Crippen molar-refractivity contribution in [3.63, 3.8) is 0 Å². The zero-order valence-corrected chi connectivity index (χ0v) is 8.27. The number of hydrogen-bond acceptors (Lipinski definition) is 3. The Balaban J connectivity index is 2.67. The number of aliphatic carboxylic acids is 1. The molecule has 0 aromatic heterocycles. The molecule has 80 valence electrons. The Labute approximate surface area is 82.9 Å².